The van der Waals surface area contributed by atoms with E-state index >= 15 is 0 Å². The summed E-state index contributed by atoms with van der Waals surface area (Å²) in [5.41, 5.74) is 2.31. The van der Waals surface area contributed by atoms with Gasteiger partial charge in [0.15, 0.2) is 0 Å². The molecule has 1 heterocycles. The summed E-state index contributed by atoms with van der Waals surface area (Å²) >= 11 is 0. The predicted molar refractivity (Wildman–Crippen MR) is 83.9 cm³/mol. The lowest BCUT2D eigenvalue weighted by atomic mass is 10.1. The molecule has 0 atom stereocenters. The predicted octanol–water partition coefficient (Wildman–Crippen LogP) is 2.68. The molecule has 6 heteroatoms. The Labute approximate surface area is 133 Å². The molecule has 0 spiro atoms. The average molecular weight is 309 g/mol. The van der Waals surface area contributed by atoms with Crippen molar-refractivity contribution in [2.75, 3.05) is 7.11 Å². The normalized spacial score (nSPS) is 10.3. The molecular weight excluding hydrogens is 294 g/mol. The molecule has 0 aliphatic heterocycles. The van der Waals surface area contributed by atoms with Gasteiger partial charge in [0.2, 0.25) is 12.3 Å². The summed E-state index contributed by atoms with van der Waals surface area (Å²) in [5, 5.41) is 10.3. The first kappa shape index (κ1) is 14.8. The van der Waals surface area contributed by atoms with Gasteiger partial charge in [0, 0.05) is 17.7 Å². The molecule has 0 unspecified atom stereocenters. The lowest BCUT2D eigenvalue weighted by molar-refractivity contribution is 0.0951. The van der Waals surface area contributed by atoms with Gasteiger partial charge in [-0.05, 0) is 42.0 Å². The summed E-state index contributed by atoms with van der Waals surface area (Å²) < 4.78 is 10.3. The third kappa shape index (κ3) is 3.55. The molecule has 0 saturated heterocycles. The minimum Gasteiger partial charge on any atom is -0.497 e. The van der Waals surface area contributed by atoms with Gasteiger partial charge < -0.3 is 14.5 Å². The maximum Gasteiger partial charge on any atom is 0.251 e. The van der Waals surface area contributed by atoms with Crippen LogP contribution in [0.4, 0.5) is 0 Å². The van der Waals surface area contributed by atoms with Crippen molar-refractivity contribution < 1.29 is 13.9 Å². The Hall–Kier alpha value is -3.15. The van der Waals surface area contributed by atoms with Crippen LogP contribution in [0, 0.1) is 0 Å². The number of methoxy groups -OCH3 is 1. The summed E-state index contributed by atoms with van der Waals surface area (Å²) in [6.07, 6.45) is 1.27. The van der Waals surface area contributed by atoms with Gasteiger partial charge in [0.25, 0.3) is 5.91 Å². The standard InChI is InChI=1S/C17H15N3O3/c1-22-15-4-2-3-12(9-15)10-18-16(21)13-5-7-14(8-6-13)17-20-19-11-23-17/h2-9,11H,10H2,1H3,(H,18,21). The summed E-state index contributed by atoms with van der Waals surface area (Å²) in [4.78, 5) is 12.2. The summed E-state index contributed by atoms with van der Waals surface area (Å²) in [5.74, 6) is 1.04. The van der Waals surface area contributed by atoms with Crippen molar-refractivity contribution in [3.63, 3.8) is 0 Å². The second kappa shape index (κ2) is 6.74. The van der Waals surface area contributed by atoms with Crippen LogP contribution in [0.2, 0.25) is 0 Å². The largest absolute Gasteiger partial charge is 0.497 e. The Morgan fingerprint density at radius 1 is 1.22 bits per heavy atom. The maximum absolute atomic E-state index is 12.2. The molecule has 3 aromatic rings. The van der Waals surface area contributed by atoms with E-state index in [0.717, 1.165) is 16.9 Å². The maximum atomic E-state index is 12.2. The number of carbonyl (C=O) groups is 1. The van der Waals surface area contributed by atoms with Crippen LogP contribution in [0.15, 0.2) is 59.3 Å². The van der Waals surface area contributed by atoms with E-state index in [9.17, 15) is 4.79 Å². The van der Waals surface area contributed by atoms with Crippen LogP contribution in [-0.2, 0) is 6.54 Å². The van der Waals surface area contributed by atoms with Crippen LogP contribution < -0.4 is 10.1 Å². The fourth-order valence-corrected chi connectivity index (χ4v) is 2.13. The highest BCUT2D eigenvalue weighted by Crippen LogP contribution is 2.17. The van der Waals surface area contributed by atoms with E-state index in [1.165, 1.54) is 6.39 Å². The van der Waals surface area contributed by atoms with Gasteiger partial charge in [-0.3, -0.25) is 4.79 Å². The first-order valence-corrected chi connectivity index (χ1v) is 7.04. The van der Waals surface area contributed by atoms with E-state index in [4.69, 9.17) is 9.15 Å². The highest BCUT2D eigenvalue weighted by molar-refractivity contribution is 5.94. The topological polar surface area (TPSA) is 77.2 Å². The van der Waals surface area contributed by atoms with Gasteiger partial charge in [-0.2, -0.15) is 0 Å². The van der Waals surface area contributed by atoms with Crippen molar-refractivity contribution in [2.45, 2.75) is 6.54 Å². The number of amides is 1. The summed E-state index contributed by atoms with van der Waals surface area (Å²) in [6, 6.07) is 14.6. The highest BCUT2D eigenvalue weighted by Gasteiger charge is 2.08. The molecule has 1 amide bonds. The van der Waals surface area contributed by atoms with Crippen molar-refractivity contribution in [1.82, 2.24) is 15.5 Å². The van der Waals surface area contributed by atoms with E-state index in [1.54, 1.807) is 31.4 Å². The number of rotatable bonds is 5. The molecule has 0 aliphatic carbocycles. The third-order valence-electron chi connectivity index (χ3n) is 3.34. The third-order valence-corrected chi connectivity index (χ3v) is 3.34. The fraction of sp³-hybridized carbons (Fsp3) is 0.118. The molecule has 2 aromatic carbocycles. The Kier molecular flexibility index (Phi) is 4.33. The van der Waals surface area contributed by atoms with E-state index in [2.05, 4.69) is 15.5 Å². The van der Waals surface area contributed by atoms with E-state index in [0.29, 0.717) is 18.0 Å². The number of carbonyl (C=O) groups excluding carboxylic acids is 1. The first-order chi connectivity index (χ1) is 11.3. The Morgan fingerprint density at radius 3 is 2.74 bits per heavy atom. The number of hydrogen-bond donors (Lipinski definition) is 1. The number of benzene rings is 2. The molecule has 0 bridgehead atoms. The summed E-state index contributed by atoms with van der Waals surface area (Å²) in [6.45, 7) is 0.432. The molecule has 0 saturated carbocycles. The molecule has 1 aromatic heterocycles. The van der Waals surface area contributed by atoms with Gasteiger partial charge >= 0.3 is 0 Å². The molecule has 6 nitrogen and oxygen atoms in total. The zero-order valence-corrected chi connectivity index (χ0v) is 12.5. The van der Waals surface area contributed by atoms with Gasteiger partial charge in [-0.1, -0.05) is 12.1 Å². The number of ether oxygens (including phenoxy) is 1. The number of nitrogens with one attached hydrogen (secondary N) is 1. The Bertz CT molecular complexity index is 783. The van der Waals surface area contributed by atoms with Crippen LogP contribution in [-0.4, -0.2) is 23.2 Å². The lowest BCUT2D eigenvalue weighted by Gasteiger charge is -2.07. The molecule has 3 rings (SSSR count). The van der Waals surface area contributed by atoms with Gasteiger partial charge in [0.05, 0.1) is 7.11 Å². The van der Waals surface area contributed by atoms with Crippen molar-refractivity contribution in [3.8, 4) is 17.2 Å². The van der Waals surface area contributed by atoms with Gasteiger partial charge in [-0.15, -0.1) is 10.2 Å². The van der Waals surface area contributed by atoms with Crippen molar-refractivity contribution in [3.05, 3.63) is 66.1 Å². The van der Waals surface area contributed by atoms with Crippen molar-refractivity contribution >= 4 is 5.91 Å². The van der Waals surface area contributed by atoms with Crippen LogP contribution in [0.1, 0.15) is 15.9 Å². The SMILES string of the molecule is COc1cccc(CNC(=O)c2ccc(-c3nnco3)cc2)c1. The Morgan fingerprint density at radius 2 is 2.04 bits per heavy atom. The highest BCUT2D eigenvalue weighted by atomic mass is 16.5. The second-order valence-electron chi connectivity index (χ2n) is 4.86. The van der Waals surface area contributed by atoms with Crippen LogP contribution in [0.5, 0.6) is 5.75 Å². The number of hydrogen-bond acceptors (Lipinski definition) is 5. The molecular formula is C17H15N3O3. The minimum atomic E-state index is -0.148. The van der Waals surface area contributed by atoms with Crippen molar-refractivity contribution in [1.29, 1.82) is 0 Å². The molecule has 0 fully saturated rings. The molecule has 1 N–H and O–H groups in total. The molecule has 0 radical (unpaired) electrons. The van der Waals surface area contributed by atoms with Crippen molar-refractivity contribution in [2.24, 2.45) is 0 Å². The monoisotopic (exact) mass is 309 g/mol. The van der Waals surface area contributed by atoms with Gasteiger partial charge in [-0.25, -0.2) is 0 Å². The zero-order chi connectivity index (χ0) is 16.1. The lowest BCUT2D eigenvalue weighted by Crippen LogP contribution is -2.22. The van der Waals surface area contributed by atoms with Crippen LogP contribution in [0.3, 0.4) is 0 Å². The van der Waals surface area contributed by atoms with Crippen LogP contribution >= 0.6 is 0 Å². The second-order valence-corrected chi connectivity index (χ2v) is 4.86. The van der Waals surface area contributed by atoms with Crippen LogP contribution in [0.25, 0.3) is 11.5 Å². The first-order valence-electron chi connectivity index (χ1n) is 7.04. The van der Waals surface area contributed by atoms with E-state index < -0.39 is 0 Å². The summed E-state index contributed by atoms with van der Waals surface area (Å²) in [7, 11) is 1.61. The zero-order valence-electron chi connectivity index (χ0n) is 12.5. The molecule has 116 valence electrons. The molecule has 0 aliphatic rings. The number of aromatic nitrogens is 2. The minimum absolute atomic E-state index is 0.148. The average Bonchev–Trinajstić information content (AvgIpc) is 3.14. The number of nitrogens with zero attached hydrogens (tertiary/aromatic N) is 2. The quantitative estimate of drug-likeness (QED) is 0.784. The fourth-order valence-electron chi connectivity index (χ4n) is 2.13. The molecule has 23 heavy (non-hydrogen) atoms. The van der Waals surface area contributed by atoms with Gasteiger partial charge in [0.1, 0.15) is 5.75 Å². The smallest absolute Gasteiger partial charge is 0.251 e. The Balaban J connectivity index is 1.64. The van der Waals surface area contributed by atoms with E-state index in [-0.39, 0.29) is 5.91 Å². The van der Waals surface area contributed by atoms with E-state index in [1.807, 2.05) is 24.3 Å².